The molecule has 0 saturated carbocycles. The van der Waals surface area contributed by atoms with Gasteiger partial charge in [-0.2, -0.15) is 0 Å². The number of carbonyl (C=O) groups is 1. The zero-order valence-electron chi connectivity index (χ0n) is 14.4. The summed E-state index contributed by atoms with van der Waals surface area (Å²) in [6, 6.07) is 0. The van der Waals surface area contributed by atoms with Gasteiger partial charge < -0.3 is 9.64 Å². The Morgan fingerprint density at radius 2 is 2.21 bits per heavy atom. The zero-order valence-corrected chi connectivity index (χ0v) is 15.2. The van der Waals surface area contributed by atoms with Crippen LogP contribution in [0.1, 0.15) is 25.6 Å². The monoisotopic (exact) mass is 353 g/mol. The third-order valence-electron chi connectivity index (χ3n) is 4.66. The highest BCUT2D eigenvalue weighted by atomic mass is 32.2. The minimum Gasteiger partial charge on any atom is -0.379 e. The number of nitrogens with zero attached hydrogens (tertiary/aromatic N) is 4. The number of hydrogen-bond donors (Lipinski definition) is 1. The van der Waals surface area contributed by atoms with E-state index < -0.39 is 0 Å². The van der Waals surface area contributed by atoms with E-state index in [1.54, 1.807) is 0 Å². The average Bonchev–Trinajstić information content (AvgIpc) is 3.09. The molecule has 2 saturated heterocycles. The number of carbonyl (C=O) groups excluding carboxylic acids is 1. The SMILES string of the molecule is CCc1nc(SCC(=O)N2CCC[C@@H](CN3CCOCC3)C2)n[nH]1. The quantitative estimate of drug-likeness (QED) is 0.770. The van der Waals surface area contributed by atoms with Crippen molar-refractivity contribution < 1.29 is 9.53 Å². The minimum atomic E-state index is 0.203. The minimum absolute atomic E-state index is 0.203. The molecule has 134 valence electrons. The molecule has 7 nitrogen and oxygen atoms in total. The van der Waals surface area contributed by atoms with Gasteiger partial charge in [-0.1, -0.05) is 18.7 Å². The van der Waals surface area contributed by atoms with Crippen molar-refractivity contribution in [3.8, 4) is 0 Å². The Labute approximate surface area is 147 Å². The van der Waals surface area contributed by atoms with E-state index in [2.05, 4.69) is 20.1 Å². The van der Waals surface area contributed by atoms with Gasteiger partial charge >= 0.3 is 0 Å². The molecule has 0 aliphatic carbocycles. The van der Waals surface area contributed by atoms with Gasteiger partial charge in [0.2, 0.25) is 11.1 Å². The fourth-order valence-electron chi connectivity index (χ4n) is 3.31. The lowest BCUT2D eigenvalue weighted by atomic mass is 9.97. The van der Waals surface area contributed by atoms with Crippen LogP contribution in [0.2, 0.25) is 0 Å². The van der Waals surface area contributed by atoms with E-state index >= 15 is 0 Å². The molecule has 24 heavy (non-hydrogen) atoms. The molecule has 1 atom stereocenters. The summed E-state index contributed by atoms with van der Waals surface area (Å²) < 4.78 is 5.41. The van der Waals surface area contributed by atoms with Crippen molar-refractivity contribution in [1.29, 1.82) is 0 Å². The smallest absolute Gasteiger partial charge is 0.233 e. The number of aromatic nitrogens is 3. The van der Waals surface area contributed by atoms with Gasteiger partial charge in [-0.3, -0.25) is 14.8 Å². The molecule has 0 spiro atoms. The molecule has 1 amide bonds. The van der Waals surface area contributed by atoms with E-state index in [1.807, 2.05) is 11.8 Å². The largest absolute Gasteiger partial charge is 0.379 e. The number of thioether (sulfide) groups is 1. The summed E-state index contributed by atoms with van der Waals surface area (Å²) in [5.74, 6) is 2.08. The Morgan fingerprint density at radius 3 is 2.96 bits per heavy atom. The van der Waals surface area contributed by atoms with Gasteiger partial charge in [0.15, 0.2) is 0 Å². The van der Waals surface area contributed by atoms with Crippen LogP contribution < -0.4 is 0 Å². The number of piperidine rings is 1. The van der Waals surface area contributed by atoms with Gasteiger partial charge in [-0.05, 0) is 18.8 Å². The zero-order chi connectivity index (χ0) is 16.8. The predicted octanol–water partition coefficient (Wildman–Crippen LogP) is 1.03. The van der Waals surface area contributed by atoms with Crippen molar-refractivity contribution in [2.75, 3.05) is 51.7 Å². The fraction of sp³-hybridized carbons (Fsp3) is 0.812. The first-order chi connectivity index (χ1) is 11.7. The van der Waals surface area contributed by atoms with Crippen molar-refractivity contribution >= 4 is 17.7 Å². The number of likely N-dealkylation sites (tertiary alicyclic amines) is 1. The van der Waals surface area contributed by atoms with Crippen molar-refractivity contribution in [2.45, 2.75) is 31.3 Å². The summed E-state index contributed by atoms with van der Waals surface area (Å²) in [6.07, 6.45) is 3.15. The molecule has 0 bridgehead atoms. The molecule has 8 heteroatoms. The highest BCUT2D eigenvalue weighted by Crippen LogP contribution is 2.20. The van der Waals surface area contributed by atoms with Crippen LogP contribution in [-0.4, -0.2) is 82.6 Å². The summed E-state index contributed by atoms with van der Waals surface area (Å²) in [7, 11) is 0. The molecule has 0 unspecified atom stereocenters. The summed E-state index contributed by atoms with van der Waals surface area (Å²) in [5, 5.41) is 7.69. The van der Waals surface area contributed by atoms with E-state index in [0.717, 1.165) is 64.6 Å². The standard InChI is InChI=1S/C16H27N5O2S/c1-2-14-17-16(19-18-14)24-12-15(22)21-5-3-4-13(11-21)10-20-6-8-23-9-7-20/h13H,2-12H2,1H3,(H,17,18,19)/t13-/m0/s1. The Hall–Kier alpha value is -1.12. The van der Waals surface area contributed by atoms with Crippen LogP contribution in [0.4, 0.5) is 0 Å². The van der Waals surface area contributed by atoms with E-state index in [-0.39, 0.29) is 5.91 Å². The van der Waals surface area contributed by atoms with Crippen LogP contribution in [-0.2, 0) is 16.0 Å². The number of rotatable bonds is 6. The number of aromatic amines is 1. The fourth-order valence-corrected chi connectivity index (χ4v) is 4.03. The molecule has 3 rings (SSSR count). The van der Waals surface area contributed by atoms with Crippen molar-refractivity contribution in [3.05, 3.63) is 5.82 Å². The maximum absolute atomic E-state index is 12.5. The Bertz CT molecular complexity index is 532. The molecule has 1 aromatic heterocycles. The predicted molar refractivity (Wildman–Crippen MR) is 93.0 cm³/mol. The van der Waals surface area contributed by atoms with Gasteiger partial charge in [0.1, 0.15) is 5.82 Å². The first-order valence-corrected chi connectivity index (χ1v) is 9.85. The number of amides is 1. The van der Waals surface area contributed by atoms with E-state index in [9.17, 15) is 4.79 Å². The van der Waals surface area contributed by atoms with E-state index in [1.165, 1.54) is 18.2 Å². The molecule has 2 aliphatic heterocycles. The van der Waals surface area contributed by atoms with Crippen LogP contribution in [0.15, 0.2) is 5.16 Å². The lowest BCUT2D eigenvalue weighted by Gasteiger charge is -2.36. The number of hydrogen-bond acceptors (Lipinski definition) is 6. The molecular formula is C16H27N5O2S. The summed E-state index contributed by atoms with van der Waals surface area (Å²) >= 11 is 1.42. The summed E-state index contributed by atoms with van der Waals surface area (Å²) in [6.45, 7) is 8.59. The maximum Gasteiger partial charge on any atom is 0.233 e. The molecule has 1 aromatic rings. The second-order valence-corrected chi connectivity index (χ2v) is 7.41. The highest BCUT2D eigenvalue weighted by Gasteiger charge is 2.26. The summed E-state index contributed by atoms with van der Waals surface area (Å²) in [5.41, 5.74) is 0. The normalized spacial score (nSPS) is 22.7. The van der Waals surface area contributed by atoms with Gasteiger partial charge in [0, 0.05) is 39.1 Å². The van der Waals surface area contributed by atoms with E-state index in [4.69, 9.17) is 4.74 Å². The third kappa shape index (κ3) is 4.94. The number of nitrogens with one attached hydrogen (secondary N) is 1. The molecule has 0 radical (unpaired) electrons. The van der Waals surface area contributed by atoms with Crippen LogP contribution in [0, 0.1) is 5.92 Å². The topological polar surface area (TPSA) is 74.3 Å². The first-order valence-electron chi connectivity index (χ1n) is 8.86. The second-order valence-electron chi connectivity index (χ2n) is 6.47. The van der Waals surface area contributed by atoms with Crippen LogP contribution >= 0.6 is 11.8 Å². The summed E-state index contributed by atoms with van der Waals surface area (Å²) in [4.78, 5) is 21.3. The molecule has 3 heterocycles. The lowest BCUT2D eigenvalue weighted by molar-refractivity contribution is -0.130. The van der Waals surface area contributed by atoms with Crippen molar-refractivity contribution in [3.63, 3.8) is 0 Å². The van der Waals surface area contributed by atoms with Crippen LogP contribution in [0.3, 0.4) is 0 Å². The highest BCUT2D eigenvalue weighted by molar-refractivity contribution is 7.99. The van der Waals surface area contributed by atoms with Crippen molar-refractivity contribution in [2.24, 2.45) is 5.92 Å². The lowest BCUT2D eigenvalue weighted by Crippen LogP contribution is -2.46. The number of aryl methyl sites for hydroxylation is 1. The van der Waals surface area contributed by atoms with Gasteiger partial charge in [-0.25, -0.2) is 4.98 Å². The van der Waals surface area contributed by atoms with Gasteiger partial charge in [-0.15, -0.1) is 5.10 Å². The maximum atomic E-state index is 12.5. The second kappa shape index (κ2) is 8.82. The van der Waals surface area contributed by atoms with Crippen molar-refractivity contribution in [1.82, 2.24) is 25.0 Å². The third-order valence-corrected chi connectivity index (χ3v) is 5.49. The van der Waals surface area contributed by atoms with Gasteiger partial charge in [0.25, 0.3) is 0 Å². The number of H-pyrrole nitrogens is 1. The Kier molecular flexibility index (Phi) is 6.51. The molecule has 1 N–H and O–H groups in total. The van der Waals surface area contributed by atoms with Crippen LogP contribution in [0.25, 0.3) is 0 Å². The molecule has 0 aromatic carbocycles. The number of morpholine rings is 1. The molecule has 2 aliphatic rings. The number of ether oxygens (including phenoxy) is 1. The Morgan fingerprint density at radius 1 is 1.38 bits per heavy atom. The average molecular weight is 353 g/mol. The Balaban J connectivity index is 1.43. The molecular weight excluding hydrogens is 326 g/mol. The molecule has 2 fully saturated rings. The van der Waals surface area contributed by atoms with E-state index in [0.29, 0.717) is 16.8 Å². The van der Waals surface area contributed by atoms with Crippen LogP contribution in [0.5, 0.6) is 0 Å². The first kappa shape index (κ1) is 17.7. The van der Waals surface area contributed by atoms with Gasteiger partial charge in [0.05, 0.1) is 19.0 Å².